The molecule has 0 atom stereocenters. The SMILES string of the molecule is COC(=O)N1CC(O)(CC#N)C1. The van der Waals surface area contributed by atoms with Gasteiger partial charge in [0.25, 0.3) is 0 Å². The van der Waals surface area contributed by atoms with Gasteiger partial charge in [-0.25, -0.2) is 4.79 Å². The van der Waals surface area contributed by atoms with Gasteiger partial charge in [0.1, 0.15) is 5.60 Å². The average Bonchev–Trinajstić information content (AvgIpc) is 1.99. The normalized spacial score (nSPS) is 19.2. The quantitative estimate of drug-likeness (QED) is 0.587. The summed E-state index contributed by atoms with van der Waals surface area (Å²) < 4.78 is 4.42. The monoisotopic (exact) mass is 170 g/mol. The van der Waals surface area contributed by atoms with E-state index in [0.29, 0.717) is 0 Å². The number of hydrogen-bond donors (Lipinski definition) is 1. The minimum absolute atomic E-state index is 0.0560. The second-order valence-electron chi connectivity index (χ2n) is 2.89. The molecule has 5 heteroatoms. The third-order valence-corrected chi connectivity index (χ3v) is 1.81. The lowest BCUT2D eigenvalue weighted by Gasteiger charge is -2.43. The first kappa shape index (κ1) is 8.81. The zero-order valence-corrected chi connectivity index (χ0v) is 6.78. The van der Waals surface area contributed by atoms with Gasteiger partial charge in [0.2, 0.25) is 0 Å². The summed E-state index contributed by atoms with van der Waals surface area (Å²) in [6, 6.07) is 1.86. The number of rotatable bonds is 1. The van der Waals surface area contributed by atoms with Crippen LogP contribution in [0, 0.1) is 11.3 Å². The average molecular weight is 170 g/mol. The van der Waals surface area contributed by atoms with Gasteiger partial charge in [-0.05, 0) is 0 Å². The van der Waals surface area contributed by atoms with Gasteiger partial charge in [0, 0.05) is 0 Å². The number of β-amino-alcohol motifs (C(OH)–C–C–N with tert-alkyl or cyclic N) is 1. The van der Waals surface area contributed by atoms with Crippen LogP contribution in [0.5, 0.6) is 0 Å². The second-order valence-corrected chi connectivity index (χ2v) is 2.89. The molecule has 0 radical (unpaired) electrons. The van der Waals surface area contributed by atoms with E-state index < -0.39 is 11.7 Å². The minimum Gasteiger partial charge on any atom is -0.453 e. The Morgan fingerprint density at radius 2 is 2.42 bits per heavy atom. The molecule has 1 aliphatic heterocycles. The number of amides is 1. The van der Waals surface area contributed by atoms with E-state index in [4.69, 9.17) is 5.26 Å². The largest absolute Gasteiger partial charge is 0.453 e. The maximum absolute atomic E-state index is 10.8. The Balaban J connectivity index is 2.37. The van der Waals surface area contributed by atoms with Crippen molar-refractivity contribution >= 4 is 6.09 Å². The third-order valence-electron chi connectivity index (χ3n) is 1.81. The Morgan fingerprint density at radius 1 is 1.83 bits per heavy atom. The van der Waals surface area contributed by atoms with Crippen molar-refractivity contribution in [3.63, 3.8) is 0 Å². The molecular weight excluding hydrogens is 160 g/mol. The van der Waals surface area contributed by atoms with Crippen LogP contribution in [0.3, 0.4) is 0 Å². The molecule has 1 N–H and O–H groups in total. The summed E-state index contributed by atoms with van der Waals surface area (Å²) in [5.41, 5.74) is -1.01. The molecule has 0 aromatic rings. The Kier molecular flexibility index (Phi) is 2.20. The first-order chi connectivity index (χ1) is 5.61. The van der Waals surface area contributed by atoms with E-state index >= 15 is 0 Å². The maximum Gasteiger partial charge on any atom is 0.409 e. The van der Waals surface area contributed by atoms with Gasteiger partial charge in [-0.2, -0.15) is 5.26 Å². The van der Waals surface area contributed by atoms with Crippen molar-refractivity contribution in [1.29, 1.82) is 5.26 Å². The van der Waals surface area contributed by atoms with Gasteiger partial charge in [0.05, 0.1) is 32.7 Å². The van der Waals surface area contributed by atoms with Crippen LogP contribution in [0.2, 0.25) is 0 Å². The molecule has 1 rings (SSSR count). The highest BCUT2D eigenvalue weighted by Gasteiger charge is 2.43. The molecule has 66 valence electrons. The number of carbonyl (C=O) groups is 1. The molecule has 1 amide bonds. The van der Waals surface area contributed by atoms with Crippen LogP contribution in [0.4, 0.5) is 4.79 Å². The molecule has 0 bridgehead atoms. The molecule has 0 aliphatic carbocycles. The van der Waals surface area contributed by atoms with Gasteiger partial charge in [-0.15, -0.1) is 0 Å². The van der Waals surface area contributed by atoms with E-state index in [-0.39, 0.29) is 19.5 Å². The van der Waals surface area contributed by atoms with E-state index in [2.05, 4.69) is 4.74 Å². The number of carbonyl (C=O) groups excluding carboxylic acids is 1. The minimum atomic E-state index is -1.01. The number of aliphatic hydroxyl groups is 1. The summed E-state index contributed by atoms with van der Waals surface area (Å²) in [7, 11) is 1.28. The van der Waals surface area contributed by atoms with Gasteiger partial charge >= 0.3 is 6.09 Å². The highest BCUT2D eigenvalue weighted by molar-refractivity contribution is 5.69. The van der Waals surface area contributed by atoms with E-state index in [0.717, 1.165) is 0 Å². The van der Waals surface area contributed by atoms with Crippen LogP contribution in [0.15, 0.2) is 0 Å². The summed E-state index contributed by atoms with van der Waals surface area (Å²) >= 11 is 0. The number of likely N-dealkylation sites (tertiary alicyclic amines) is 1. The van der Waals surface area contributed by atoms with Crippen molar-refractivity contribution in [1.82, 2.24) is 4.90 Å². The standard InChI is InChI=1S/C7H10N2O3/c1-12-6(10)9-4-7(11,5-9)2-3-8/h11H,2,4-5H2,1H3. The molecule has 0 saturated carbocycles. The predicted octanol–water partition coefficient (Wildman–Crippen LogP) is -0.287. The fourth-order valence-corrected chi connectivity index (χ4v) is 1.18. The molecule has 1 saturated heterocycles. The highest BCUT2D eigenvalue weighted by Crippen LogP contribution is 2.24. The van der Waals surface area contributed by atoms with Crippen LogP contribution < -0.4 is 0 Å². The van der Waals surface area contributed by atoms with E-state index in [1.54, 1.807) is 0 Å². The summed E-state index contributed by atoms with van der Waals surface area (Å²) in [6.07, 6.45) is -0.404. The van der Waals surface area contributed by atoms with Crippen LogP contribution in [0.25, 0.3) is 0 Å². The number of hydrogen-bond acceptors (Lipinski definition) is 4. The van der Waals surface area contributed by atoms with Gasteiger partial charge in [-0.3, -0.25) is 0 Å². The third kappa shape index (κ3) is 1.48. The second kappa shape index (κ2) is 2.99. The molecule has 0 unspecified atom stereocenters. The van der Waals surface area contributed by atoms with Crippen molar-refractivity contribution in [2.75, 3.05) is 20.2 Å². The lowest BCUT2D eigenvalue weighted by atomic mass is 9.92. The Labute approximate surface area is 70.1 Å². The lowest BCUT2D eigenvalue weighted by molar-refractivity contribution is -0.0825. The molecule has 1 aliphatic rings. The van der Waals surface area contributed by atoms with Crippen molar-refractivity contribution in [3.8, 4) is 6.07 Å². The van der Waals surface area contributed by atoms with Crippen molar-refractivity contribution in [3.05, 3.63) is 0 Å². The fourth-order valence-electron chi connectivity index (χ4n) is 1.18. The molecule has 1 fully saturated rings. The molecule has 0 aromatic carbocycles. The van der Waals surface area contributed by atoms with Gasteiger partial charge in [-0.1, -0.05) is 0 Å². The molecule has 5 nitrogen and oxygen atoms in total. The van der Waals surface area contributed by atoms with E-state index in [1.807, 2.05) is 6.07 Å². The smallest absolute Gasteiger partial charge is 0.409 e. The Hall–Kier alpha value is -1.28. The predicted molar refractivity (Wildman–Crippen MR) is 39.2 cm³/mol. The fraction of sp³-hybridized carbons (Fsp3) is 0.714. The number of methoxy groups -OCH3 is 1. The van der Waals surface area contributed by atoms with Crippen molar-refractivity contribution in [2.45, 2.75) is 12.0 Å². The number of nitrogens with zero attached hydrogens (tertiary/aromatic N) is 2. The first-order valence-electron chi connectivity index (χ1n) is 3.53. The summed E-state index contributed by atoms with van der Waals surface area (Å²) in [5, 5.41) is 17.8. The lowest BCUT2D eigenvalue weighted by Crippen LogP contribution is -2.63. The van der Waals surface area contributed by atoms with Gasteiger partial charge < -0.3 is 14.7 Å². The zero-order valence-electron chi connectivity index (χ0n) is 6.78. The van der Waals surface area contributed by atoms with Crippen LogP contribution in [0.1, 0.15) is 6.42 Å². The molecule has 1 heterocycles. The zero-order chi connectivity index (χ0) is 9.19. The first-order valence-corrected chi connectivity index (χ1v) is 3.53. The number of nitriles is 1. The summed E-state index contributed by atoms with van der Waals surface area (Å²) in [4.78, 5) is 12.1. The number of ether oxygens (including phenoxy) is 1. The van der Waals surface area contributed by atoms with Crippen molar-refractivity contribution < 1.29 is 14.6 Å². The highest BCUT2D eigenvalue weighted by atomic mass is 16.5. The topological polar surface area (TPSA) is 73.6 Å². The van der Waals surface area contributed by atoms with Crippen LogP contribution >= 0.6 is 0 Å². The molecule has 0 spiro atoms. The Bertz CT molecular complexity index is 227. The summed E-state index contributed by atoms with van der Waals surface area (Å²) in [5.74, 6) is 0. The van der Waals surface area contributed by atoms with Crippen LogP contribution in [-0.2, 0) is 4.74 Å². The Morgan fingerprint density at radius 3 is 2.83 bits per heavy atom. The molecule has 12 heavy (non-hydrogen) atoms. The molecule has 0 aromatic heterocycles. The van der Waals surface area contributed by atoms with Crippen molar-refractivity contribution in [2.24, 2.45) is 0 Å². The van der Waals surface area contributed by atoms with E-state index in [1.165, 1.54) is 12.0 Å². The van der Waals surface area contributed by atoms with E-state index in [9.17, 15) is 9.90 Å². The summed E-state index contributed by atoms with van der Waals surface area (Å²) in [6.45, 7) is 0.375. The van der Waals surface area contributed by atoms with Gasteiger partial charge in [0.15, 0.2) is 0 Å². The molecular formula is C7H10N2O3. The van der Waals surface area contributed by atoms with Crippen LogP contribution in [-0.4, -0.2) is 41.9 Å². The maximum atomic E-state index is 10.8.